The van der Waals surface area contributed by atoms with Crippen molar-refractivity contribution >= 4 is 52.2 Å². The van der Waals surface area contributed by atoms with Crippen molar-refractivity contribution in [2.75, 3.05) is 23.4 Å². The van der Waals surface area contributed by atoms with Crippen LogP contribution < -0.4 is 24.6 Å². The first-order valence-electron chi connectivity index (χ1n) is 16.0. The van der Waals surface area contributed by atoms with E-state index < -0.39 is 17.6 Å². The number of aryl methyl sites for hydroxylation is 1. The number of fused-ring (bicyclic) bond motifs is 9. The van der Waals surface area contributed by atoms with Gasteiger partial charge in [0.1, 0.15) is 5.82 Å². The van der Waals surface area contributed by atoms with Gasteiger partial charge < -0.3 is 19.8 Å². The third-order valence-electron chi connectivity index (χ3n) is 10.1. The average Bonchev–Trinajstić information content (AvgIpc) is 3.81. The van der Waals surface area contributed by atoms with E-state index in [0.717, 1.165) is 27.5 Å². The van der Waals surface area contributed by atoms with Gasteiger partial charge in [-0.15, -0.1) is 11.8 Å². The van der Waals surface area contributed by atoms with E-state index in [2.05, 4.69) is 10.3 Å². The highest BCUT2D eigenvalue weighted by atomic mass is 32.2. The molecule has 7 atom stereocenters. The highest BCUT2D eigenvalue weighted by Gasteiger charge is 2.69. The van der Waals surface area contributed by atoms with Gasteiger partial charge in [-0.1, -0.05) is 35.1 Å². The van der Waals surface area contributed by atoms with Crippen molar-refractivity contribution in [3.05, 3.63) is 98.2 Å². The van der Waals surface area contributed by atoms with Gasteiger partial charge in [0.15, 0.2) is 18.1 Å². The molecule has 4 aliphatic rings. The molecule has 2 aliphatic heterocycles. The molecular weight excluding hydrogens is 654 g/mol. The summed E-state index contributed by atoms with van der Waals surface area (Å²) in [7, 11) is 0. The van der Waals surface area contributed by atoms with Gasteiger partial charge >= 0.3 is 4.87 Å². The summed E-state index contributed by atoms with van der Waals surface area (Å²) in [5, 5.41) is 3.56. The maximum atomic E-state index is 14.0. The quantitative estimate of drug-likeness (QED) is 0.219. The molecule has 0 radical (unpaired) electrons. The van der Waals surface area contributed by atoms with Gasteiger partial charge in [0.05, 0.1) is 29.2 Å². The molecule has 2 bridgehead atoms. The molecule has 2 aliphatic carbocycles. The number of carbonyl (C=O) groups excluding carboxylic acids is 3. The number of rotatable bonds is 8. The van der Waals surface area contributed by atoms with Crippen LogP contribution in [-0.2, 0) is 14.4 Å². The summed E-state index contributed by atoms with van der Waals surface area (Å²) in [5.41, 5.74) is 3.04. The summed E-state index contributed by atoms with van der Waals surface area (Å²) < 4.78 is 25.1. The number of ether oxygens (including phenoxy) is 2. The SMILES string of the molecule is CCOc1cc([C@H]2c3sc(=O)[nH]c3SC3C2[C@H]2C[C@@H]3C3C(=O)N(c4ccc(C)cc4)C(=O)C32)ccc1OCC(=O)Nc1ccc(F)cc1. The largest absolute Gasteiger partial charge is 0.490 e. The van der Waals surface area contributed by atoms with E-state index in [1.54, 1.807) is 17.8 Å². The molecule has 1 saturated heterocycles. The monoisotopic (exact) mass is 685 g/mol. The predicted octanol–water partition coefficient (Wildman–Crippen LogP) is 5.98. The summed E-state index contributed by atoms with van der Waals surface area (Å²) in [6, 6.07) is 18.6. The summed E-state index contributed by atoms with van der Waals surface area (Å²) in [4.78, 5) is 58.5. The van der Waals surface area contributed by atoms with Gasteiger partial charge in [0.2, 0.25) is 11.8 Å². The second kappa shape index (κ2) is 11.9. The number of aromatic amines is 1. The Kier molecular flexibility index (Phi) is 7.67. The third kappa shape index (κ3) is 5.04. The fraction of sp³-hybridized carbons (Fsp3) is 0.333. The Morgan fingerprint density at radius 1 is 0.958 bits per heavy atom. The maximum absolute atomic E-state index is 14.0. The fourth-order valence-corrected chi connectivity index (χ4v) is 11.2. The maximum Gasteiger partial charge on any atom is 0.305 e. The molecular formula is C36H32FN3O6S2. The van der Waals surface area contributed by atoms with Crippen LogP contribution in [0.15, 0.2) is 76.6 Å². The lowest BCUT2D eigenvalue weighted by Gasteiger charge is -2.43. The number of benzene rings is 3. The first-order valence-corrected chi connectivity index (χ1v) is 17.7. The Morgan fingerprint density at radius 2 is 1.69 bits per heavy atom. The lowest BCUT2D eigenvalue weighted by molar-refractivity contribution is -0.123. The number of carbonyl (C=O) groups is 3. The van der Waals surface area contributed by atoms with Crippen LogP contribution in [0, 0.1) is 42.3 Å². The highest BCUT2D eigenvalue weighted by Crippen LogP contribution is 2.68. The molecule has 1 aromatic heterocycles. The van der Waals surface area contributed by atoms with Crippen LogP contribution in [0.4, 0.5) is 15.8 Å². The van der Waals surface area contributed by atoms with Gasteiger partial charge in [-0.3, -0.25) is 24.1 Å². The van der Waals surface area contributed by atoms with Crippen LogP contribution in [0.1, 0.15) is 35.3 Å². The first kappa shape index (κ1) is 30.9. The van der Waals surface area contributed by atoms with Crippen molar-refractivity contribution in [1.82, 2.24) is 4.98 Å². The van der Waals surface area contributed by atoms with Crippen molar-refractivity contribution in [2.24, 2.45) is 29.6 Å². The molecule has 4 unspecified atom stereocenters. The Morgan fingerprint density at radius 3 is 2.42 bits per heavy atom. The van der Waals surface area contributed by atoms with Gasteiger partial charge in [0.25, 0.3) is 5.91 Å². The number of hydrogen-bond acceptors (Lipinski definition) is 8. The molecule has 3 fully saturated rings. The summed E-state index contributed by atoms with van der Waals surface area (Å²) >= 11 is 2.83. The minimum Gasteiger partial charge on any atom is -0.490 e. The molecule has 3 aromatic carbocycles. The molecule has 12 heteroatoms. The number of thiazole rings is 1. The first-order chi connectivity index (χ1) is 23.2. The number of imide groups is 1. The number of aromatic nitrogens is 1. The lowest BCUT2D eigenvalue weighted by Crippen LogP contribution is -2.42. The molecule has 48 heavy (non-hydrogen) atoms. The number of amides is 3. The lowest BCUT2D eigenvalue weighted by atomic mass is 9.68. The normalized spacial score (nSPS) is 26.6. The van der Waals surface area contributed by atoms with E-state index in [9.17, 15) is 23.6 Å². The van der Waals surface area contributed by atoms with Crippen LogP contribution in [0.5, 0.6) is 11.5 Å². The van der Waals surface area contributed by atoms with Crippen molar-refractivity contribution in [1.29, 1.82) is 0 Å². The van der Waals surface area contributed by atoms with Gasteiger partial charge in [-0.2, -0.15) is 0 Å². The van der Waals surface area contributed by atoms with Crippen LogP contribution in [0.3, 0.4) is 0 Å². The molecule has 3 heterocycles. The number of H-pyrrole nitrogens is 1. The van der Waals surface area contributed by atoms with Crippen LogP contribution in [-0.4, -0.2) is 41.2 Å². The van der Waals surface area contributed by atoms with Crippen LogP contribution in [0.25, 0.3) is 0 Å². The van der Waals surface area contributed by atoms with E-state index in [1.165, 1.54) is 40.5 Å². The number of hydrogen-bond donors (Lipinski definition) is 2. The van der Waals surface area contributed by atoms with E-state index >= 15 is 0 Å². The second-order valence-electron chi connectivity index (χ2n) is 12.8. The number of nitrogens with one attached hydrogen (secondary N) is 2. The summed E-state index contributed by atoms with van der Waals surface area (Å²) in [6.45, 7) is 3.90. The van der Waals surface area contributed by atoms with Crippen molar-refractivity contribution in [2.45, 2.75) is 36.5 Å². The number of thioether (sulfide) groups is 1. The Labute approximate surface area is 283 Å². The molecule has 0 spiro atoms. The Balaban J connectivity index is 1.10. The molecule has 3 amide bonds. The van der Waals surface area contributed by atoms with Crippen LogP contribution in [0.2, 0.25) is 0 Å². The number of anilines is 2. The molecule has 8 rings (SSSR count). The topological polar surface area (TPSA) is 118 Å². The molecule has 9 nitrogen and oxygen atoms in total. The minimum absolute atomic E-state index is 0.00883. The predicted molar refractivity (Wildman–Crippen MR) is 180 cm³/mol. The third-order valence-corrected chi connectivity index (χ3v) is 12.7. The van der Waals surface area contributed by atoms with E-state index in [0.29, 0.717) is 29.5 Å². The Hall–Kier alpha value is -4.42. The molecule has 2 saturated carbocycles. The smallest absolute Gasteiger partial charge is 0.305 e. The average molecular weight is 686 g/mol. The summed E-state index contributed by atoms with van der Waals surface area (Å²) in [6.07, 6.45) is 0.787. The molecule has 2 N–H and O–H groups in total. The highest BCUT2D eigenvalue weighted by molar-refractivity contribution is 8.00. The zero-order valence-electron chi connectivity index (χ0n) is 26.1. The van der Waals surface area contributed by atoms with Gasteiger partial charge in [-0.05, 0) is 92.1 Å². The minimum atomic E-state index is -0.408. The van der Waals surface area contributed by atoms with Gasteiger partial charge in [-0.25, -0.2) is 4.39 Å². The van der Waals surface area contributed by atoms with Crippen molar-refractivity contribution < 1.29 is 28.2 Å². The number of nitrogens with zero attached hydrogens (tertiary/aromatic N) is 1. The molecule has 246 valence electrons. The Bertz CT molecular complexity index is 1990. The van der Waals surface area contributed by atoms with E-state index in [1.807, 2.05) is 50.2 Å². The standard InChI is InChI=1S/C36H32FN3O6S2/c1-3-45-25-14-18(6-13-24(25)46-16-26(41)38-20-9-7-19(37)8-10-20)27-28-22-15-23(31(28)47-33-32(27)48-36(44)39-33)30-29(22)34(42)40(35(30)43)21-11-4-17(2)5-12-21/h4-14,22-23,27-31H,3,15-16H2,1-2H3,(H,38,41)(H,39,44)/t22-,23-,27-,28?,29?,30?,31?/m1/s1. The molecule has 4 aromatic rings. The van der Waals surface area contributed by atoms with Gasteiger partial charge in [0, 0.05) is 21.7 Å². The zero-order chi connectivity index (χ0) is 33.3. The second-order valence-corrected chi connectivity index (χ2v) is 15.0. The van der Waals surface area contributed by atoms with E-state index in [4.69, 9.17) is 9.47 Å². The van der Waals surface area contributed by atoms with Crippen LogP contribution >= 0.6 is 23.1 Å². The number of halogens is 1. The van der Waals surface area contributed by atoms with E-state index in [-0.39, 0.29) is 58.1 Å². The zero-order valence-corrected chi connectivity index (χ0v) is 27.7. The fourth-order valence-electron chi connectivity index (χ4n) is 8.32. The summed E-state index contributed by atoms with van der Waals surface area (Å²) in [5.74, 6) is -1.18. The van der Waals surface area contributed by atoms with Crippen molar-refractivity contribution in [3.8, 4) is 11.5 Å². The van der Waals surface area contributed by atoms with Crippen molar-refractivity contribution in [3.63, 3.8) is 0 Å².